The van der Waals surface area contributed by atoms with Crippen molar-refractivity contribution in [1.82, 2.24) is 14.8 Å². The lowest BCUT2D eigenvalue weighted by atomic mass is 10.1. The highest BCUT2D eigenvalue weighted by Crippen LogP contribution is 2.25. The Kier molecular flexibility index (Phi) is 6.12. The maximum Gasteiger partial charge on any atom is 0.227 e. The van der Waals surface area contributed by atoms with Crippen LogP contribution < -0.4 is 10.1 Å². The fraction of sp³-hybridized carbons (Fsp3) is 0.375. The Morgan fingerprint density at radius 1 is 1.10 bits per heavy atom. The van der Waals surface area contributed by atoms with Crippen LogP contribution in [0.25, 0.3) is 11.4 Å². The van der Waals surface area contributed by atoms with Gasteiger partial charge >= 0.3 is 0 Å². The molecule has 2 heterocycles. The fourth-order valence-corrected chi connectivity index (χ4v) is 3.77. The lowest BCUT2D eigenvalue weighted by Crippen LogP contribution is -2.15. The first-order valence-corrected chi connectivity index (χ1v) is 10.6. The minimum absolute atomic E-state index is 0.0717. The number of ether oxygens (including phenoxy) is 1. The van der Waals surface area contributed by atoms with Crippen molar-refractivity contribution in [2.75, 3.05) is 11.9 Å². The number of hydrogen-bond donors (Lipinski definition) is 1. The van der Waals surface area contributed by atoms with Gasteiger partial charge in [-0.3, -0.25) is 4.79 Å². The molecular formula is C24H28N4O2. The highest BCUT2D eigenvalue weighted by atomic mass is 16.5. The van der Waals surface area contributed by atoms with Crippen molar-refractivity contribution in [3.05, 3.63) is 59.4 Å². The standard InChI is InChI=1S/C24H28N4O2/c1-17-10-11-18(2)21(15-17)30-14-12-23(29)25-20-8-6-7-19(16-20)24-27-26-22-9-4-3-5-13-28(22)24/h6-8,10-11,15-16H,3-5,9,12-14H2,1-2H3,(H,25,29). The van der Waals surface area contributed by atoms with Crippen molar-refractivity contribution >= 4 is 11.6 Å². The summed E-state index contributed by atoms with van der Waals surface area (Å²) in [5.41, 5.74) is 3.94. The molecule has 1 N–H and O–H groups in total. The van der Waals surface area contributed by atoms with E-state index in [0.29, 0.717) is 6.61 Å². The number of hydrogen-bond acceptors (Lipinski definition) is 4. The monoisotopic (exact) mass is 404 g/mol. The second-order valence-corrected chi connectivity index (χ2v) is 7.90. The van der Waals surface area contributed by atoms with E-state index >= 15 is 0 Å². The number of carbonyl (C=O) groups is 1. The smallest absolute Gasteiger partial charge is 0.227 e. The van der Waals surface area contributed by atoms with Crippen LogP contribution in [-0.2, 0) is 17.8 Å². The van der Waals surface area contributed by atoms with Crippen molar-refractivity contribution in [2.24, 2.45) is 0 Å². The molecule has 0 radical (unpaired) electrons. The topological polar surface area (TPSA) is 69.0 Å². The van der Waals surface area contributed by atoms with Gasteiger partial charge in [0.25, 0.3) is 0 Å². The maximum atomic E-state index is 12.4. The summed E-state index contributed by atoms with van der Waals surface area (Å²) in [6, 6.07) is 13.9. The van der Waals surface area contributed by atoms with E-state index in [-0.39, 0.29) is 12.3 Å². The van der Waals surface area contributed by atoms with Gasteiger partial charge in [-0.2, -0.15) is 0 Å². The molecular weight excluding hydrogens is 376 g/mol. The van der Waals surface area contributed by atoms with Gasteiger partial charge in [0.15, 0.2) is 5.82 Å². The van der Waals surface area contributed by atoms with E-state index in [1.807, 2.05) is 50.2 Å². The van der Waals surface area contributed by atoms with Gasteiger partial charge < -0.3 is 14.6 Å². The van der Waals surface area contributed by atoms with Gasteiger partial charge in [0.1, 0.15) is 11.6 Å². The summed E-state index contributed by atoms with van der Waals surface area (Å²) in [7, 11) is 0. The zero-order valence-corrected chi connectivity index (χ0v) is 17.6. The Balaban J connectivity index is 1.38. The fourth-order valence-electron chi connectivity index (χ4n) is 3.77. The molecule has 1 aromatic heterocycles. The predicted molar refractivity (Wildman–Crippen MR) is 118 cm³/mol. The molecule has 0 saturated heterocycles. The maximum absolute atomic E-state index is 12.4. The summed E-state index contributed by atoms with van der Waals surface area (Å²) in [6.45, 7) is 5.32. The number of carbonyl (C=O) groups excluding carboxylic acids is 1. The highest BCUT2D eigenvalue weighted by Gasteiger charge is 2.16. The van der Waals surface area contributed by atoms with Crippen LogP contribution >= 0.6 is 0 Å². The molecule has 6 heteroatoms. The van der Waals surface area contributed by atoms with Crippen molar-refractivity contribution in [3.63, 3.8) is 0 Å². The number of aryl methyl sites for hydroxylation is 3. The van der Waals surface area contributed by atoms with Crippen molar-refractivity contribution in [3.8, 4) is 17.1 Å². The van der Waals surface area contributed by atoms with Gasteiger partial charge in [-0.1, -0.05) is 30.7 Å². The third-order valence-corrected chi connectivity index (χ3v) is 5.44. The second kappa shape index (κ2) is 9.11. The lowest BCUT2D eigenvalue weighted by Gasteiger charge is -2.11. The summed E-state index contributed by atoms with van der Waals surface area (Å²) >= 11 is 0. The van der Waals surface area contributed by atoms with E-state index in [2.05, 4.69) is 26.1 Å². The molecule has 1 aliphatic rings. The summed E-state index contributed by atoms with van der Waals surface area (Å²) in [5, 5.41) is 11.8. The molecule has 1 aliphatic heterocycles. The normalized spacial score (nSPS) is 13.4. The molecule has 0 spiro atoms. The Morgan fingerprint density at radius 3 is 2.90 bits per heavy atom. The van der Waals surface area contributed by atoms with E-state index in [4.69, 9.17) is 4.74 Å². The first-order chi connectivity index (χ1) is 14.6. The van der Waals surface area contributed by atoms with Gasteiger partial charge in [0, 0.05) is 24.2 Å². The largest absolute Gasteiger partial charge is 0.493 e. The van der Waals surface area contributed by atoms with Gasteiger partial charge in [0.05, 0.1) is 13.0 Å². The van der Waals surface area contributed by atoms with Crippen LogP contribution in [0.1, 0.15) is 42.6 Å². The number of nitrogens with zero attached hydrogens (tertiary/aromatic N) is 3. The van der Waals surface area contributed by atoms with Crippen LogP contribution in [0.5, 0.6) is 5.75 Å². The van der Waals surface area contributed by atoms with Gasteiger partial charge in [-0.25, -0.2) is 0 Å². The zero-order valence-electron chi connectivity index (χ0n) is 17.6. The first kappa shape index (κ1) is 20.1. The summed E-state index contributed by atoms with van der Waals surface area (Å²) in [4.78, 5) is 12.4. The predicted octanol–water partition coefficient (Wildman–Crippen LogP) is 4.70. The van der Waals surface area contributed by atoms with Crippen molar-refractivity contribution in [1.29, 1.82) is 0 Å². The van der Waals surface area contributed by atoms with E-state index in [1.54, 1.807) is 0 Å². The van der Waals surface area contributed by atoms with Gasteiger partial charge in [0.2, 0.25) is 5.91 Å². The van der Waals surface area contributed by atoms with E-state index in [9.17, 15) is 4.79 Å². The number of anilines is 1. The Morgan fingerprint density at radius 2 is 2.00 bits per heavy atom. The highest BCUT2D eigenvalue weighted by molar-refractivity contribution is 5.91. The van der Waals surface area contributed by atoms with Crippen LogP contribution in [-0.4, -0.2) is 27.3 Å². The van der Waals surface area contributed by atoms with Crippen LogP contribution in [0.15, 0.2) is 42.5 Å². The number of benzene rings is 2. The minimum Gasteiger partial charge on any atom is -0.493 e. The third kappa shape index (κ3) is 4.70. The molecule has 6 nitrogen and oxygen atoms in total. The molecule has 0 saturated carbocycles. The van der Waals surface area contributed by atoms with Crippen LogP contribution in [0.3, 0.4) is 0 Å². The molecule has 0 unspecified atom stereocenters. The number of aromatic nitrogens is 3. The number of rotatable bonds is 6. The lowest BCUT2D eigenvalue weighted by molar-refractivity contribution is -0.116. The molecule has 0 atom stereocenters. The van der Waals surface area contributed by atoms with Crippen LogP contribution in [0.2, 0.25) is 0 Å². The molecule has 4 rings (SSSR count). The van der Waals surface area contributed by atoms with Crippen LogP contribution in [0.4, 0.5) is 5.69 Å². The van der Waals surface area contributed by atoms with E-state index in [1.165, 1.54) is 12.8 Å². The van der Waals surface area contributed by atoms with Crippen LogP contribution in [0, 0.1) is 13.8 Å². The Hall–Kier alpha value is -3.15. The first-order valence-electron chi connectivity index (χ1n) is 10.6. The quantitative estimate of drug-likeness (QED) is 0.647. The van der Waals surface area contributed by atoms with Gasteiger partial charge in [-0.05, 0) is 56.0 Å². The molecule has 0 bridgehead atoms. The average Bonchev–Trinajstić information content (AvgIpc) is 2.99. The Labute approximate surface area is 177 Å². The summed E-state index contributed by atoms with van der Waals surface area (Å²) < 4.78 is 8.01. The Bertz CT molecular complexity index is 1040. The van der Waals surface area contributed by atoms with E-state index < -0.39 is 0 Å². The molecule has 2 aromatic carbocycles. The summed E-state index contributed by atoms with van der Waals surface area (Å²) in [6.07, 6.45) is 4.80. The molecule has 0 fully saturated rings. The molecule has 3 aromatic rings. The molecule has 156 valence electrons. The summed E-state index contributed by atoms with van der Waals surface area (Å²) in [5.74, 6) is 2.69. The van der Waals surface area contributed by atoms with Gasteiger partial charge in [-0.15, -0.1) is 10.2 Å². The SMILES string of the molecule is Cc1ccc(C)c(OCCC(=O)Nc2cccc(-c3nnc4n3CCCCC4)c2)c1. The minimum atomic E-state index is -0.0717. The number of fused-ring (bicyclic) bond motifs is 1. The zero-order chi connectivity index (χ0) is 20.9. The van der Waals surface area contributed by atoms with Crippen molar-refractivity contribution in [2.45, 2.75) is 52.5 Å². The molecule has 1 amide bonds. The average molecular weight is 405 g/mol. The van der Waals surface area contributed by atoms with Crippen molar-refractivity contribution < 1.29 is 9.53 Å². The number of amides is 1. The number of nitrogens with one attached hydrogen (secondary N) is 1. The third-order valence-electron chi connectivity index (χ3n) is 5.44. The second-order valence-electron chi connectivity index (χ2n) is 7.90. The van der Waals surface area contributed by atoms with E-state index in [0.717, 1.165) is 59.2 Å². The molecule has 0 aliphatic carbocycles. The molecule has 30 heavy (non-hydrogen) atoms.